The van der Waals surface area contributed by atoms with E-state index >= 15 is 0 Å². The van der Waals surface area contributed by atoms with Crippen molar-refractivity contribution in [3.8, 4) is 11.3 Å². The van der Waals surface area contributed by atoms with Gasteiger partial charge in [-0.25, -0.2) is 4.68 Å². The van der Waals surface area contributed by atoms with Gasteiger partial charge in [-0.15, -0.1) is 5.10 Å². The van der Waals surface area contributed by atoms with Crippen LogP contribution in [-0.2, 0) is 30.3 Å². The molecule has 2 amide bonds. The Morgan fingerprint density at radius 1 is 0.974 bits per heavy atom. The van der Waals surface area contributed by atoms with E-state index in [-0.39, 0.29) is 12.8 Å². The molecule has 2 aromatic carbocycles. The number of carbonyl (C=O) groups excluding carboxylic acids is 3. The number of carboxylic acid groups (broad SMARTS) is 1. The number of aliphatic carboxylic acids is 1. The van der Waals surface area contributed by atoms with E-state index in [1.165, 1.54) is 10.9 Å². The molecule has 1 aromatic heterocycles. The standard InChI is InChI=1S/C27H31N5O6/c1-27(2,3)38-24(35)15-21(32-22(16-29-31-32)19-12-8-5-9-13-19)26(37)30-20(25(36)28-17-23(33)34)14-18-10-6-4-7-11-18/h4-13,16,20-21H,14-15,17H2,1-3H3,(H,28,36)(H,30,37)(H,33,34)/t20-,21-/m0/s1. The maximum absolute atomic E-state index is 13.7. The molecular weight excluding hydrogens is 490 g/mol. The van der Waals surface area contributed by atoms with Gasteiger partial charge in [-0.1, -0.05) is 65.9 Å². The fourth-order valence-electron chi connectivity index (χ4n) is 3.73. The van der Waals surface area contributed by atoms with Crippen molar-refractivity contribution < 1.29 is 29.0 Å². The summed E-state index contributed by atoms with van der Waals surface area (Å²) < 4.78 is 6.77. The topological polar surface area (TPSA) is 153 Å². The third-order valence-electron chi connectivity index (χ3n) is 5.35. The first-order chi connectivity index (χ1) is 18.0. The number of nitrogens with zero attached hydrogens (tertiary/aromatic N) is 3. The quantitative estimate of drug-likeness (QED) is 0.325. The predicted octanol–water partition coefficient (Wildman–Crippen LogP) is 2.15. The molecule has 0 bridgehead atoms. The summed E-state index contributed by atoms with van der Waals surface area (Å²) in [6.45, 7) is 4.54. The Morgan fingerprint density at radius 2 is 1.61 bits per heavy atom. The molecule has 0 spiro atoms. The van der Waals surface area contributed by atoms with Crippen LogP contribution in [0.15, 0.2) is 66.9 Å². The van der Waals surface area contributed by atoms with Gasteiger partial charge in [0, 0.05) is 12.0 Å². The van der Waals surface area contributed by atoms with Crippen LogP contribution in [-0.4, -0.2) is 62.0 Å². The van der Waals surface area contributed by atoms with Crippen molar-refractivity contribution in [2.24, 2.45) is 0 Å². The fraction of sp³-hybridized carbons (Fsp3) is 0.333. The molecule has 0 saturated heterocycles. The van der Waals surface area contributed by atoms with E-state index in [0.717, 1.165) is 11.1 Å². The Kier molecular flexibility index (Phi) is 9.31. The Labute approximate surface area is 220 Å². The third-order valence-corrected chi connectivity index (χ3v) is 5.35. The first-order valence-electron chi connectivity index (χ1n) is 12.0. The first kappa shape index (κ1) is 28.0. The molecule has 3 N–H and O–H groups in total. The van der Waals surface area contributed by atoms with Crippen molar-refractivity contribution in [2.75, 3.05) is 6.54 Å². The van der Waals surface area contributed by atoms with Gasteiger partial charge in [0.05, 0.1) is 18.3 Å². The van der Waals surface area contributed by atoms with E-state index in [0.29, 0.717) is 5.69 Å². The molecule has 0 aliphatic carbocycles. The summed E-state index contributed by atoms with van der Waals surface area (Å²) in [6.07, 6.45) is 1.20. The van der Waals surface area contributed by atoms with Crippen LogP contribution >= 0.6 is 0 Å². The van der Waals surface area contributed by atoms with Crippen LogP contribution in [0.4, 0.5) is 0 Å². The van der Waals surface area contributed by atoms with E-state index in [4.69, 9.17) is 9.84 Å². The zero-order valence-electron chi connectivity index (χ0n) is 21.5. The van der Waals surface area contributed by atoms with Crippen molar-refractivity contribution in [2.45, 2.75) is 51.3 Å². The predicted molar refractivity (Wildman–Crippen MR) is 138 cm³/mol. The maximum atomic E-state index is 13.7. The van der Waals surface area contributed by atoms with E-state index in [9.17, 15) is 19.2 Å². The zero-order chi connectivity index (χ0) is 27.7. The Balaban J connectivity index is 1.93. The fourth-order valence-corrected chi connectivity index (χ4v) is 3.73. The van der Waals surface area contributed by atoms with Gasteiger partial charge in [0.2, 0.25) is 11.8 Å². The van der Waals surface area contributed by atoms with Crippen LogP contribution in [0, 0.1) is 0 Å². The van der Waals surface area contributed by atoms with E-state index < -0.39 is 48.0 Å². The molecule has 0 radical (unpaired) electrons. The summed E-state index contributed by atoms with van der Waals surface area (Å²) in [7, 11) is 0. The zero-order valence-corrected chi connectivity index (χ0v) is 21.5. The molecule has 0 saturated carbocycles. The summed E-state index contributed by atoms with van der Waals surface area (Å²) in [5.41, 5.74) is 1.18. The normalized spacial score (nSPS) is 12.7. The first-order valence-corrected chi connectivity index (χ1v) is 12.0. The van der Waals surface area contributed by atoms with Gasteiger partial charge < -0.3 is 20.5 Å². The second-order valence-corrected chi connectivity index (χ2v) is 9.60. The minimum absolute atomic E-state index is 0.0973. The summed E-state index contributed by atoms with van der Waals surface area (Å²) in [6, 6.07) is 15.7. The number of carboxylic acids is 1. The van der Waals surface area contributed by atoms with E-state index in [1.807, 2.05) is 36.4 Å². The van der Waals surface area contributed by atoms with Gasteiger partial charge in [-0.3, -0.25) is 19.2 Å². The smallest absolute Gasteiger partial charge is 0.322 e. The lowest BCUT2D eigenvalue weighted by Gasteiger charge is -2.25. The lowest BCUT2D eigenvalue weighted by Crippen LogP contribution is -2.51. The van der Waals surface area contributed by atoms with Crippen LogP contribution in [0.1, 0.15) is 38.8 Å². The van der Waals surface area contributed by atoms with Gasteiger partial charge in [-0.2, -0.15) is 0 Å². The number of benzene rings is 2. The van der Waals surface area contributed by atoms with Gasteiger partial charge in [0.25, 0.3) is 0 Å². The molecule has 0 aliphatic rings. The molecule has 0 aliphatic heterocycles. The van der Waals surface area contributed by atoms with Gasteiger partial charge in [0.1, 0.15) is 24.2 Å². The highest BCUT2D eigenvalue weighted by molar-refractivity contribution is 5.92. The van der Waals surface area contributed by atoms with Crippen LogP contribution in [0.3, 0.4) is 0 Å². The number of rotatable bonds is 11. The molecule has 3 rings (SSSR count). The Morgan fingerprint density at radius 3 is 2.21 bits per heavy atom. The summed E-state index contributed by atoms with van der Waals surface area (Å²) in [5, 5.41) is 22.0. The molecule has 38 heavy (non-hydrogen) atoms. The number of esters is 1. The molecule has 0 fully saturated rings. The van der Waals surface area contributed by atoms with Crippen molar-refractivity contribution in [3.05, 3.63) is 72.4 Å². The number of carbonyl (C=O) groups is 4. The Bertz CT molecular complexity index is 1250. The minimum atomic E-state index is -1.22. The van der Waals surface area contributed by atoms with Crippen molar-refractivity contribution in [3.63, 3.8) is 0 Å². The van der Waals surface area contributed by atoms with E-state index in [2.05, 4.69) is 20.9 Å². The molecule has 11 nitrogen and oxygen atoms in total. The van der Waals surface area contributed by atoms with Crippen LogP contribution in [0.5, 0.6) is 0 Å². The molecule has 200 valence electrons. The highest BCUT2D eigenvalue weighted by Gasteiger charge is 2.32. The summed E-state index contributed by atoms with van der Waals surface area (Å²) in [4.78, 5) is 50.3. The van der Waals surface area contributed by atoms with Crippen molar-refractivity contribution in [1.82, 2.24) is 25.6 Å². The average molecular weight is 522 g/mol. The number of ether oxygens (including phenoxy) is 1. The van der Waals surface area contributed by atoms with Crippen LogP contribution in [0.25, 0.3) is 11.3 Å². The third kappa shape index (κ3) is 8.26. The SMILES string of the molecule is CC(C)(C)OC(=O)C[C@@H](C(=O)N[C@@H](Cc1ccccc1)C(=O)NCC(=O)O)n1nncc1-c1ccccc1. The second kappa shape index (κ2) is 12.6. The number of hydrogen-bond acceptors (Lipinski definition) is 7. The molecule has 0 unspecified atom stereocenters. The molecule has 2 atom stereocenters. The monoisotopic (exact) mass is 521 g/mol. The number of nitrogens with one attached hydrogen (secondary N) is 2. The van der Waals surface area contributed by atoms with Crippen LogP contribution in [0.2, 0.25) is 0 Å². The van der Waals surface area contributed by atoms with E-state index in [1.54, 1.807) is 45.0 Å². The maximum Gasteiger partial charge on any atom is 0.322 e. The lowest BCUT2D eigenvalue weighted by atomic mass is 10.0. The highest BCUT2D eigenvalue weighted by Crippen LogP contribution is 2.24. The number of hydrogen-bond donors (Lipinski definition) is 3. The minimum Gasteiger partial charge on any atom is -0.480 e. The average Bonchev–Trinajstić information content (AvgIpc) is 3.35. The lowest BCUT2D eigenvalue weighted by molar-refractivity contribution is -0.157. The second-order valence-electron chi connectivity index (χ2n) is 9.60. The highest BCUT2D eigenvalue weighted by atomic mass is 16.6. The van der Waals surface area contributed by atoms with Crippen LogP contribution < -0.4 is 10.6 Å². The molecule has 11 heteroatoms. The molecule has 3 aromatic rings. The van der Waals surface area contributed by atoms with Gasteiger partial charge >= 0.3 is 11.9 Å². The summed E-state index contributed by atoms with van der Waals surface area (Å²) >= 11 is 0. The van der Waals surface area contributed by atoms with Crippen molar-refractivity contribution in [1.29, 1.82) is 0 Å². The van der Waals surface area contributed by atoms with Gasteiger partial charge in [-0.05, 0) is 26.3 Å². The number of amides is 2. The van der Waals surface area contributed by atoms with Crippen molar-refractivity contribution >= 4 is 23.8 Å². The van der Waals surface area contributed by atoms with Gasteiger partial charge in [0.15, 0.2) is 0 Å². The Hall–Kier alpha value is -4.54. The number of aromatic nitrogens is 3. The largest absolute Gasteiger partial charge is 0.480 e. The summed E-state index contributed by atoms with van der Waals surface area (Å²) in [5.74, 6) is -3.21. The molecular formula is C27H31N5O6. The molecule has 1 heterocycles.